The Morgan fingerprint density at radius 3 is 2.34 bits per heavy atom. The molecule has 1 unspecified atom stereocenters. The Bertz CT molecular complexity index is 1340. The largest absolute Gasteiger partial charge is 0.493 e. The molecule has 7 bridgehead atoms. The standard InChI is InChI=1S/C36H53NO10/c1-9-37-17-34(18-40-3)25(38)15-26(44-7)36-21-14-20-24(43-6)16-35(46-10-2,28(32(36)37)30(45-8)31(34)36)27(21)29(20)47-33(39)19-11-12-22(41-4)23(13-19)42-5/h11-13,20-21,24-32,38H,9-10,14-18H2,1-8H3/t20-,21-,24+,25-,26+,27-,28+,29+,30+,31-,32?,34+,35-,36+/m1/s1. The number of likely N-dealkylation sites (tertiary alicyclic amines) is 1. The van der Waals surface area contributed by atoms with Gasteiger partial charge in [-0.05, 0) is 44.0 Å². The van der Waals surface area contributed by atoms with E-state index in [4.69, 9.17) is 37.9 Å². The summed E-state index contributed by atoms with van der Waals surface area (Å²) in [4.78, 5) is 16.6. The van der Waals surface area contributed by atoms with Gasteiger partial charge in [-0.25, -0.2) is 4.79 Å². The molecule has 1 aromatic rings. The Morgan fingerprint density at radius 1 is 0.957 bits per heavy atom. The summed E-state index contributed by atoms with van der Waals surface area (Å²) in [5.74, 6) is 0.420. The fraction of sp³-hybridized carbons (Fsp3) is 0.806. The first-order valence-electron chi connectivity index (χ1n) is 17.3. The molecular formula is C36H53NO10. The Morgan fingerprint density at radius 2 is 1.72 bits per heavy atom. The van der Waals surface area contributed by atoms with Gasteiger partial charge in [-0.15, -0.1) is 0 Å². The first-order chi connectivity index (χ1) is 22.7. The summed E-state index contributed by atoms with van der Waals surface area (Å²) in [6.07, 6.45) is 0.314. The van der Waals surface area contributed by atoms with Gasteiger partial charge in [0.1, 0.15) is 6.10 Å². The van der Waals surface area contributed by atoms with Gasteiger partial charge in [-0.3, -0.25) is 4.90 Å². The summed E-state index contributed by atoms with van der Waals surface area (Å²) in [6, 6.07) is 5.22. The third-order valence-electron chi connectivity index (χ3n) is 13.7. The first-order valence-corrected chi connectivity index (χ1v) is 17.3. The van der Waals surface area contributed by atoms with Crippen LogP contribution in [0.1, 0.15) is 43.5 Å². The minimum absolute atomic E-state index is 0.0284. The fourth-order valence-electron chi connectivity index (χ4n) is 12.7. The van der Waals surface area contributed by atoms with Crippen molar-refractivity contribution >= 4 is 5.97 Å². The third-order valence-corrected chi connectivity index (χ3v) is 13.7. The second-order valence-electron chi connectivity index (χ2n) is 14.7. The minimum atomic E-state index is -0.691. The Balaban J connectivity index is 1.42. The summed E-state index contributed by atoms with van der Waals surface area (Å²) in [6.45, 7) is 6.72. The number of esters is 1. The number of methoxy groups -OCH3 is 6. The highest BCUT2D eigenvalue weighted by molar-refractivity contribution is 5.90. The smallest absolute Gasteiger partial charge is 0.338 e. The van der Waals surface area contributed by atoms with Crippen molar-refractivity contribution in [2.45, 2.75) is 75.3 Å². The molecule has 0 amide bonds. The number of carbonyl (C=O) groups excluding carboxylic acids is 1. The van der Waals surface area contributed by atoms with Gasteiger partial charge in [0.25, 0.3) is 0 Å². The number of aliphatic hydroxyl groups is 1. The number of hydrogen-bond donors (Lipinski definition) is 1. The predicted molar refractivity (Wildman–Crippen MR) is 171 cm³/mol. The van der Waals surface area contributed by atoms with E-state index in [1.165, 1.54) is 0 Å². The van der Waals surface area contributed by atoms with Gasteiger partial charge in [0, 0.05) is 95.0 Å². The van der Waals surface area contributed by atoms with Crippen molar-refractivity contribution in [1.29, 1.82) is 0 Å². The van der Waals surface area contributed by atoms with Gasteiger partial charge in [0.2, 0.25) is 0 Å². The summed E-state index contributed by atoms with van der Waals surface area (Å²) in [5.41, 5.74) is -1.23. The zero-order valence-electron chi connectivity index (χ0n) is 29.1. The van der Waals surface area contributed by atoms with E-state index >= 15 is 0 Å². The van der Waals surface area contributed by atoms with Crippen LogP contribution in [0.25, 0.3) is 0 Å². The van der Waals surface area contributed by atoms with Crippen molar-refractivity contribution in [3.05, 3.63) is 23.8 Å². The molecule has 262 valence electrons. The van der Waals surface area contributed by atoms with Crippen LogP contribution in [0.3, 0.4) is 0 Å². The number of carbonyl (C=O) groups is 1. The SMILES string of the molecule is CCO[C@]12C[C@H](OC)[C@H]3C[C@H]([C@@H]1[C@H]3OC(=O)c1ccc(OC)c(OC)c1)[C@@]13C4[C@@H]2[C@H](OC)[C@@H]1[C@](COC)(CN4CC)[C@H](O)C[C@@H]3OC. The number of ether oxygens (including phenoxy) is 8. The van der Waals surface area contributed by atoms with E-state index in [-0.39, 0.29) is 59.4 Å². The van der Waals surface area contributed by atoms with E-state index in [2.05, 4.69) is 18.7 Å². The molecule has 1 N–H and O–H groups in total. The van der Waals surface area contributed by atoms with Crippen molar-refractivity contribution in [2.75, 3.05) is 69.0 Å². The third kappa shape index (κ3) is 4.14. The molecule has 0 radical (unpaired) electrons. The van der Waals surface area contributed by atoms with E-state index in [9.17, 15) is 9.90 Å². The van der Waals surface area contributed by atoms with E-state index in [1.54, 1.807) is 53.7 Å². The number of fused-ring (bicyclic) bond motifs is 2. The van der Waals surface area contributed by atoms with Crippen LogP contribution in [0.4, 0.5) is 0 Å². The summed E-state index contributed by atoms with van der Waals surface area (Å²) < 4.78 is 50.2. The molecule has 0 aromatic heterocycles. The maximum atomic E-state index is 14.1. The predicted octanol–water partition coefficient (Wildman–Crippen LogP) is 3.05. The van der Waals surface area contributed by atoms with Crippen LogP contribution < -0.4 is 9.47 Å². The van der Waals surface area contributed by atoms with E-state index in [0.29, 0.717) is 43.1 Å². The lowest BCUT2D eigenvalue weighted by Gasteiger charge is -2.70. The maximum Gasteiger partial charge on any atom is 0.338 e. The summed E-state index contributed by atoms with van der Waals surface area (Å²) >= 11 is 0. The molecule has 11 heteroatoms. The van der Waals surface area contributed by atoms with Crippen LogP contribution in [-0.4, -0.2) is 127 Å². The van der Waals surface area contributed by atoms with Crippen LogP contribution in [0.15, 0.2) is 18.2 Å². The molecule has 6 fully saturated rings. The number of rotatable bonds is 12. The van der Waals surface area contributed by atoms with Gasteiger partial charge >= 0.3 is 5.97 Å². The molecule has 1 heterocycles. The molecule has 14 atom stereocenters. The number of piperidine rings is 1. The van der Waals surface area contributed by atoms with E-state index < -0.39 is 29.2 Å². The molecule has 6 aliphatic rings. The lowest BCUT2D eigenvalue weighted by Crippen LogP contribution is -2.78. The lowest BCUT2D eigenvalue weighted by molar-refractivity contribution is -0.300. The normalized spacial score (nSPS) is 45.9. The first kappa shape index (κ1) is 33.5. The van der Waals surface area contributed by atoms with Gasteiger partial charge in [-0.2, -0.15) is 0 Å². The zero-order chi connectivity index (χ0) is 33.5. The molecule has 5 aliphatic carbocycles. The number of hydrogen-bond acceptors (Lipinski definition) is 11. The van der Waals surface area contributed by atoms with Gasteiger partial charge < -0.3 is 43.0 Å². The topological polar surface area (TPSA) is 114 Å². The monoisotopic (exact) mass is 659 g/mol. The van der Waals surface area contributed by atoms with Crippen LogP contribution >= 0.6 is 0 Å². The minimum Gasteiger partial charge on any atom is -0.493 e. The van der Waals surface area contributed by atoms with Gasteiger partial charge in [0.05, 0.1) is 56.4 Å². The quantitative estimate of drug-likeness (QED) is 0.334. The van der Waals surface area contributed by atoms with Crippen molar-refractivity contribution < 1.29 is 47.8 Å². The highest BCUT2D eigenvalue weighted by atomic mass is 16.6. The molecule has 5 saturated carbocycles. The highest BCUT2D eigenvalue weighted by Crippen LogP contribution is 2.80. The highest BCUT2D eigenvalue weighted by Gasteiger charge is 2.88. The second kappa shape index (κ2) is 12.1. The number of nitrogens with zero attached hydrogens (tertiary/aromatic N) is 1. The number of aliphatic hydroxyl groups excluding tert-OH is 1. The average molecular weight is 660 g/mol. The molecular weight excluding hydrogens is 606 g/mol. The molecule has 1 saturated heterocycles. The van der Waals surface area contributed by atoms with Gasteiger partial charge in [0.15, 0.2) is 11.5 Å². The summed E-state index contributed by atoms with van der Waals surface area (Å²) in [5, 5.41) is 12.1. The molecule has 7 rings (SSSR count). The Kier molecular flexibility index (Phi) is 8.63. The van der Waals surface area contributed by atoms with Crippen LogP contribution in [-0.2, 0) is 28.4 Å². The molecule has 11 nitrogen and oxygen atoms in total. The van der Waals surface area contributed by atoms with Crippen LogP contribution in [0.2, 0.25) is 0 Å². The van der Waals surface area contributed by atoms with E-state index in [1.807, 2.05) is 7.11 Å². The summed E-state index contributed by atoms with van der Waals surface area (Å²) in [7, 11) is 10.2. The molecule has 1 spiro atoms. The fourth-order valence-corrected chi connectivity index (χ4v) is 12.7. The van der Waals surface area contributed by atoms with Crippen molar-refractivity contribution in [1.82, 2.24) is 4.90 Å². The zero-order valence-corrected chi connectivity index (χ0v) is 29.1. The Labute approximate surface area is 278 Å². The van der Waals surface area contributed by atoms with E-state index in [0.717, 1.165) is 19.5 Å². The van der Waals surface area contributed by atoms with Crippen LogP contribution in [0, 0.1) is 40.4 Å². The molecule has 47 heavy (non-hydrogen) atoms. The molecule has 1 aliphatic heterocycles. The molecule has 1 aromatic carbocycles. The second-order valence-corrected chi connectivity index (χ2v) is 14.7. The van der Waals surface area contributed by atoms with Crippen molar-refractivity contribution in [3.63, 3.8) is 0 Å². The Hall–Kier alpha value is -1.99. The lowest BCUT2D eigenvalue weighted by atomic mass is 9.42. The van der Waals surface area contributed by atoms with Gasteiger partial charge in [-0.1, -0.05) is 6.92 Å². The van der Waals surface area contributed by atoms with Crippen molar-refractivity contribution in [2.24, 2.45) is 40.4 Å². The average Bonchev–Trinajstić information content (AvgIpc) is 3.50. The maximum absolute atomic E-state index is 14.1. The van der Waals surface area contributed by atoms with Crippen LogP contribution in [0.5, 0.6) is 11.5 Å². The number of benzene rings is 1. The van der Waals surface area contributed by atoms with Crippen molar-refractivity contribution in [3.8, 4) is 11.5 Å².